The number of aromatic nitrogens is 3. The normalized spacial score (nSPS) is 13.8. The number of nitrogens with one attached hydrogen (secondary N) is 1. The van der Waals surface area contributed by atoms with Crippen LogP contribution in [0.3, 0.4) is 0 Å². The number of ketones is 1. The van der Waals surface area contributed by atoms with Crippen LogP contribution in [-0.4, -0.2) is 38.3 Å². The Labute approximate surface area is 197 Å². The number of anilines is 1. The van der Waals surface area contributed by atoms with E-state index in [1.54, 1.807) is 24.3 Å². The van der Waals surface area contributed by atoms with Crippen molar-refractivity contribution in [3.05, 3.63) is 54.1 Å². The lowest BCUT2D eigenvalue weighted by Gasteiger charge is -2.13. The summed E-state index contributed by atoms with van der Waals surface area (Å²) >= 11 is 1.35. The topological polar surface area (TPSA) is 86.1 Å². The number of thioether (sulfide) groups is 1. The molecule has 2 aromatic carbocycles. The van der Waals surface area contributed by atoms with E-state index in [2.05, 4.69) is 15.5 Å². The Bertz CT molecular complexity index is 1100. The first-order valence-electron chi connectivity index (χ1n) is 11.3. The van der Waals surface area contributed by atoms with Crippen molar-refractivity contribution in [3.63, 3.8) is 0 Å². The van der Waals surface area contributed by atoms with Crippen LogP contribution in [0, 0.1) is 0 Å². The summed E-state index contributed by atoms with van der Waals surface area (Å²) in [5.41, 5.74) is 2.23. The Hall–Kier alpha value is -3.13. The van der Waals surface area contributed by atoms with Crippen molar-refractivity contribution in [2.24, 2.45) is 0 Å². The molecule has 0 saturated heterocycles. The van der Waals surface area contributed by atoms with Crippen molar-refractivity contribution in [2.45, 2.75) is 57.3 Å². The number of amides is 1. The lowest BCUT2D eigenvalue weighted by atomic mass is 10.1. The van der Waals surface area contributed by atoms with Crippen LogP contribution in [0.25, 0.3) is 11.4 Å². The predicted octanol–water partition coefficient (Wildman–Crippen LogP) is 5.22. The lowest BCUT2D eigenvalue weighted by molar-refractivity contribution is -0.113. The first-order valence-corrected chi connectivity index (χ1v) is 12.3. The molecule has 1 N–H and O–H groups in total. The molecule has 1 aliphatic rings. The van der Waals surface area contributed by atoms with Crippen LogP contribution >= 0.6 is 11.8 Å². The molecule has 7 nitrogen and oxygen atoms in total. The van der Waals surface area contributed by atoms with Crippen LogP contribution < -0.4 is 10.1 Å². The maximum absolute atomic E-state index is 12.4. The van der Waals surface area contributed by atoms with E-state index in [4.69, 9.17) is 4.74 Å². The van der Waals surface area contributed by atoms with Gasteiger partial charge in [0.15, 0.2) is 16.8 Å². The second-order valence-electron chi connectivity index (χ2n) is 8.07. The van der Waals surface area contributed by atoms with Crippen molar-refractivity contribution >= 4 is 29.1 Å². The van der Waals surface area contributed by atoms with E-state index in [0.717, 1.165) is 30.0 Å². The molecule has 0 bridgehead atoms. The third-order valence-corrected chi connectivity index (χ3v) is 6.62. The van der Waals surface area contributed by atoms with E-state index >= 15 is 0 Å². The van der Waals surface area contributed by atoms with Gasteiger partial charge in [0.05, 0.1) is 11.9 Å². The van der Waals surface area contributed by atoms with Crippen LogP contribution in [0.2, 0.25) is 0 Å². The Kier molecular flexibility index (Phi) is 7.44. The molecule has 0 unspecified atom stereocenters. The first kappa shape index (κ1) is 23.0. The second kappa shape index (κ2) is 10.7. The Balaban J connectivity index is 1.36. The summed E-state index contributed by atoms with van der Waals surface area (Å²) in [4.78, 5) is 23.8. The average Bonchev–Trinajstić information content (AvgIpc) is 3.48. The average molecular weight is 465 g/mol. The van der Waals surface area contributed by atoms with Crippen molar-refractivity contribution in [1.29, 1.82) is 0 Å². The minimum Gasteiger partial charge on any atom is -0.490 e. The van der Waals surface area contributed by atoms with Gasteiger partial charge in [0.2, 0.25) is 5.91 Å². The largest absolute Gasteiger partial charge is 0.490 e. The van der Waals surface area contributed by atoms with Crippen LogP contribution in [0.1, 0.15) is 49.9 Å². The lowest BCUT2D eigenvalue weighted by Crippen LogP contribution is -2.14. The standard InChI is InChI=1S/C25H28N4O3S/c1-3-29-24(19-10-14-22(15-11-19)32-21-6-4-5-7-21)27-28-25(29)33-16-23(31)26-20-12-8-18(9-13-20)17(2)30/h8-15,21H,3-7,16H2,1-2H3,(H,26,31). The Morgan fingerprint density at radius 3 is 2.39 bits per heavy atom. The zero-order valence-electron chi connectivity index (χ0n) is 18.9. The smallest absolute Gasteiger partial charge is 0.234 e. The van der Waals surface area contributed by atoms with Gasteiger partial charge in [-0.15, -0.1) is 10.2 Å². The zero-order chi connectivity index (χ0) is 23.2. The molecule has 33 heavy (non-hydrogen) atoms. The molecule has 1 aliphatic carbocycles. The molecular formula is C25H28N4O3S. The highest BCUT2D eigenvalue weighted by Gasteiger charge is 2.18. The fraction of sp³-hybridized carbons (Fsp3) is 0.360. The number of nitrogens with zero attached hydrogens (tertiary/aromatic N) is 3. The molecule has 1 fully saturated rings. The number of carbonyl (C=O) groups is 2. The van der Waals surface area contributed by atoms with Crippen LogP contribution in [0.4, 0.5) is 5.69 Å². The summed E-state index contributed by atoms with van der Waals surface area (Å²) in [7, 11) is 0. The van der Waals surface area contributed by atoms with Gasteiger partial charge >= 0.3 is 0 Å². The molecule has 1 aromatic heterocycles. The summed E-state index contributed by atoms with van der Waals surface area (Å²) in [5.74, 6) is 1.72. The van der Waals surface area contributed by atoms with Crippen molar-refractivity contribution in [3.8, 4) is 17.1 Å². The van der Waals surface area contributed by atoms with Crippen LogP contribution in [0.5, 0.6) is 5.75 Å². The Morgan fingerprint density at radius 2 is 1.76 bits per heavy atom. The fourth-order valence-corrected chi connectivity index (χ4v) is 4.69. The molecule has 8 heteroatoms. The monoisotopic (exact) mass is 464 g/mol. The van der Waals surface area contributed by atoms with E-state index in [-0.39, 0.29) is 17.4 Å². The quantitative estimate of drug-likeness (QED) is 0.345. The summed E-state index contributed by atoms with van der Waals surface area (Å²) in [6, 6.07) is 14.8. The van der Waals surface area contributed by atoms with Gasteiger partial charge in [0.25, 0.3) is 0 Å². The number of hydrogen-bond donors (Lipinski definition) is 1. The number of Topliss-reactive ketones (excluding diaryl/α,β-unsaturated/α-hetero) is 1. The minimum absolute atomic E-state index is 0.00545. The fourth-order valence-electron chi connectivity index (χ4n) is 3.89. The molecule has 1 amide bonds. The van der Waals surface area contributed by atoms with E-state index in [1.165, 1.54) is 31.5 Å². The summed E-state index contributed by atoms with van der Waals surface area (Å²) in [6.07, 6.45) is 5.07. The molecule has 3 aromatic rings. The van der Waals surface area contributed by atoms with Crippen LogP contribution in [-0.2, 0) is 11.3 Å². The zero-order valence-corrected chi connectivity index (χ0v) is 19.7. The molecule has 0 aliphatic heterocycles. The highest BCUT2D eigenvalue weighted by molar-refractivity contribution is 7.99. The third-order valence-electron chi connectivity index (χ3n) is 5.66. The molecule has 1 saturated carbocycles. The van der Waals surface area contributed by atoms with Crippen molar-refractivity contribution in [2.75, 3.05) is 11.1 Å². The summed E-state index contributed by atoms with van der Waals surface area (Å²) in [5, 5.41) is 12.2. The summed E-state index contributed by atoms with van der Waals surface area (Å²) < 4.78 is 8.06. The molecule has 0 radical (unpaired) electrons. The molecule has 0 atom stereocenters. The van der Waals surface area contributed by atoms with Gasteiger partial charge in [0, 0.05) is 23.4 Å². The van der Waals surface area contributed by atoms with E-state index < -0.39 is 0 Å². The maximum atomic E-state index is 12.4. The van der Waals surface area contributed by atoms with Gasteiger partial charge in [-0.3, -0.25) is 9.59 Å². The van der Waals surface area contributed by atoms with E-state index in [1.807, 2.05) is 35.8 Å². The second-order valence-corrected chi connectivity index (χ2v) is 9.01. The number of rotatable bonds is 9. The number of hydrogen-bond acceptors (Lipinski definition) is 6. The van der Waals surface area contributed by atoms with Gasteiger partial charge in [-0.1, -0.05) is 11.8 Å². The third kappa shape index (κ3) is 5.82. The van der Waals surface area contributed by atoms with Crippen molar-refractivity contribution in [1.82, 2.24) is 14.8 Å². The number of carbonyl (C=O) groups excluding carboxylic acids is 2. The molecule has 172 valence electrons. The number of ether oxygens (including phenoxy) is 1. The highest BCUT2D eigenvalue weighted by Crippen LogP contribution is 2.28. The molecule has 4 rings (SSSR count). The highest BCUT2D eigenvalue weighted by atomic mass is 32.2. The van der Waals surface area contributed by atoms with Gasteiger partial charge in [-0.25, -0.2) is 0 Å². The van der Waals surface area contributed by atoms with Gasteiger partial charge < -0.3 is 14.6 Å². The maximum Gasteiger partial charge on any atom is 0.234 e. The van der Waals surface area contributed by atoms with Gasteiger partial charge in [0.1, 0.15) is 5.75 Å². The molecule has 1 heterocycles. The molecular weight excluding hydrogens is 436 g/mol. The van der Waals surface area contributed by atoms with Gasteiger partial charge in [-0.05, 0) is 88.1 Å². The van der Waals surface area contributed by atoms with E-state index in [9.17, 15) is 9.59 Å². The summed E-state index contributed by atoms with van der Waals surface area (Å²) in [6.45, 7) is 4.24. The van der Waals surface area contributed by atoms with Gasteiger partial charge in [-0.2, -0.15) is 0 Å². The SMILES string of the molecule is CCn1c(SCC(=O)Nc2ccc(C(C)=O)cc2)nnc1-c1ccc(OC2CCCC2)cc1. The predicted molar refractivity (Wildman–Crippen MR) is 130 cm³/mol. The number of benzene rings is 2. The Morgan fingerprint density at radius 1 is 1.06 bits per heavy atom. The van der Waals surface area contributed by atoms with Crippen LogP contribution in [0.15, 0.2) is 53.7 Å². The minimum atomic E-state index is -0.142. The first-order chi connectivity index (χ1) is 16.0. The van der Waals surface area contributed by atoms with E-state index in [0.29, 0.717) is 29.1 Å². The molecule has 0 spiro atoms. The van der Waals surface area contributed by atoms with Crippen molar-refractivity contribution < 1.29 is 14.3 Å².